The Morgan fingerprint density at radius 2 is 1.83 bits per heavy atom. The molecular formula is C33H34N4O4. The zero-order chi connectivity index (χ0) is 29.2. The van der Waals surface area contributed by atoms with Gasteiger partial charge in [-0.3, -0.25) is 9.59 Å². The van der Waals surface area contributed by atoms with Gasteiger partial charge in [0, 0.05) is 52.8 Å². The maximum absolute atomic E-state index is 13.4. The minimum atomic E-state index is -0.304. The lowest BCUT2D eigenvalue weighted by Gasteiger charge is -2.13. The second-order valence-corrected chi connectivity index (χ2v) is 11.3. The van der Waals surface area contributed by atoms with E-state index in [0.717, 1.165) is 57.7 Å². The molecule has 41 heavy (non-hydrogen) atoms. The Hall–Kier alpha value is -4.33. The van der Waals surface area contributed by atoms with E-state index in [-0.39, 0.29) is 36.4 Å². The molecule has 1 saturated heterocycles. The van der Waals surface area contributed by atoms with Gasteiger partial charge in [0.2, 0.25) is 0 Å². The van der Waals surface area contributed by atoms with Crippen LogP contribution in [-0.2, 0) is 14.3 Å². The summed E-state index contributed by atoms with van der Waals surface area (Å²) < 4.78 is 4.92. The molecule has 0 aromatic rings. The fraction of sp³-hybridized carbons (Fsp3) is 0.364. The summed E-state index contributed by atoms with van der Waals surface area (Å²) in [4.78, 5) is 40.5. The number of aliphatic hydroxyl groups is 1. The predicted octanol–water partition coefficient (Wildman–Crippen LogP) is 5.81. The van der Waals surface area contributed by atoms with Crippen LogP contribution in [0.15, 0.2) is 107 Å². The van der Waals surface area contributed by atoms with E-state index in [4.69, 9.17) is 19.7 Å². The van der Waals surface area contributed by atoms with E-state index in [1.807, 2.05) is 32.9 Å². The van der Waals surface area contributed by atoms with E-state index in [1.54, 1.807) is 0 Å². The molecule has 1 fully saturated rings. The number of aliphatic imine (C=N–C) groups is 3. The number of ether oxygens (including phenoxy) is 1. The van der Waals surface area contributed by atoms with E-state index in [1.165, 1.54) is 7.11 Å². The third-order valence-electron chi connectivity index (χ3n) is 9.09. The number of fused-ring (bicyclic) bond motifs is 5. The number of ketones is 1. The van der Waals surface area contributed by atoms with Gasteiger partial charge in [0.05, 0.1) is 47.6 Å². The first kappa shape index (κ1) is 26.9. The predicted molar refractivity (Wildman–Crippen MR) is 159 cm³/mol. The molecule has 5 heterocycles. The van der Waals surface area contributed by atoms with Gasteiger partial charge in [0.15, 0.2) is 5.78 Å². The minimum absolute atomic E-state index is 0.0394. The molecule has 8 nitrogen and oxygen atoms in total. The zero-order valence-electron chi connectivity index (χ0n) is 24.3. The van der Waals surface area contributed by atoms with Crippen molar-refractivity contribution in [1.82, 2.24) is 5.32 Å². The Labute approximate surface area is 239 Å². The van der Waals surface area contributed by atoms with Gasteiger partial charge in [-0.15, -0.1) is 0 Å². The zero-order valence-corrected chi connectivity index (χ0v) is 24.3. The van der Waals surface area contributed by atoms with E-state index >= 15 is 0 Å². The number of aliphatic hydroxyl groups excluding tert-OH is 1. The number of carbonyl (C=O) groups excluding carboxylic acids is 2. The SMILES string of the molecule is CC[C@H]1C2=CC3=NC4=C(CC(=O)C4=C3C)C3=NC(=CC4=C(C)/C(=C\O)C(=N4)C=C(N2)[C@@H]1C)C(C)=C3CCC(=O)OC. The Morgan fingerprint density at radius 3 is 2.54 bits per heavy atom. The largest absolute Gasteiger partial charge is 0.515 e. The van der Waals surface area contributed by atoms with Crippen molar-refractivity contribution in [3.63, 3.8) is 0 Å². The average molecular weight is 551 g/mol. The van der Waals surface area contributed by atoms with Gasteiger partial charge in [-0.2, -0.15) is 0 Å². The lowest BCUT2D eigenvalue weighted by atomic mass is 9.89. The average Bonchev–Trinajstić information content (AvgIpc) is 3.70. The van der Waals surface area contributed by atoms with E-state index in [0.29, 0.717) is 46.1 Å². The lowest BCUT2D eigenvalue weighted by Crippen LogP contribution is -2.11. The van der Waals surface area contributed by atoms with Crippen LogP contribution in [0.2, 0.25) is 0 Å². The Kier molecular flexibility index (Phi) is 6.52. The molecule has 0 spiro atoms. The maximum atomic E-state index is 13.4. The molecule has 0 amide bonds. The first-order valence-electron chi connectivity index (χ1n) is 14.2. The minimum Gasteiger partial charge on any atom is -0.515 e. The number of hydrogen-bond acceptors (Lipinski definition) is 8. The Balaban J connectivity index is 1.61. The summed E-state index contributed by atoms with van der Waals surface area (Å²) in [6.07, 6.45) is 8.92. The Morgan fingerprint density at radius 1 is 1.07 bits per heavy atom. The smallest absolute Gasteiger partial charge is 0.305 e. The van der Waals surface area contributed by atoms with Crippen molar-refractivity contribution >= 4 is 28.9 Å². The molecule has 0 aromatic carbocycles. The normalized spacial score (nSPS) is 26.0. The molecule has 8 bridgehead atoms. The van der Waals surface area contributed by atoms with Crippen LogP contribution in [0.5, 0.6) is 0 Å². The molecule has 2 N–H and O–H groups in total. The number of carbonyl (C=O) groups is 2. The van der Waals surface area contributed by atoms with Crippen molar-refractivity contribution < 1.29 is 19.4 Å². The summed E-state index contributed by atoms with van der Waals surface area (Å²) >= 11 is 0. The van der Waals surface area contributed by atoms with E-state index in [9.17, 15) is 14.7 Å². The monoisotopic (exact) mass is 550 g/mol. The first-order chi connectivity index (χ1) is 19.7. The molecule has 210 valence electrons. The molecule has 5 aliphatic heterocycles. The number of hydrogen-bond donors (Lipinski definition) is 2. The van der Waals surface area contributed by atoms with Crippen molar-refractivity contribution in [3.05, 3.63) is 92.0 Å². The molecule has 6 rings (SSSR count). The van der Waals surface area contributed by atoms with Crippen LogP contribution in [0.4, 0.5) is 0 Å². The van der Waals surface area contributed by atoms with Crippen molar-refractivity contribution in [3.8, 4) is 0 Å². The molecule has 0 radical (unpaired) electrons. The van der Waals surface area contributed by atoms with Crippen LogP contribution in [0.3, 0.4) is 0 Å². The fourth-order valence-electron chi connectivity index (χ4n) is 6.61. The number of rotatable bonds is 4. The molecule has 6 aliphatic rings. The third-order valence-corrected chi connectivity index (χ3v) is 9.09. The molecule has 8 heteroatoms. The summed E-state index contributed by atoms with van der Waals surface area (Å²) in [6, 6.07) is 0. The fourth-order valence-corrected chi connectivity index (χ4v) is 6.61. The van der Waals surface area contributed by atoms with Crippen LogP contribution in [0.25, 0.3) is 0 Å². The van der Waals surface area contributed by atoms with Crippen LogP contribution < -0.4 is 5.32 Å². The van der Waals surface area contributed by atoms with Gasteiger partial charge in [0.1, 0.15) is 0 Å². The van der Waals surface area contributed by atoms with Crippen LogP contribution >= 0.6 is 0 Å². The van der Waals surface area contributed by atoms with Crippen LogP contribution in [-0.4, -0.2) is 41.1 Å². The highest BCUT2D eigenvalue weighted by Crippen LogP contribution is 2.44. The lowest BCUT2D eigenvalue weighted by molar-refractivity contribution is -0.140. The quantitative estimate of drug-likeness (QED) is 0.339. The molecule has 1 aliphatic carbocycles. The Bertz CT molecular complexity index is 1680. The molecule has 0 saturated carbocycles. The third kappa shape index (κ3) is 4.15. The topological polar surface area (TPSA) is 113 Å². The highest BCUT2D eigenvalue weighted by Gasteiger charge is 2.40. The van der Waals surface area contributed by atoms with Crippen LogP contribution in [0.1, 0.15) is 60.3 Å². The second-order valence-electron chi connectivity index (χ2n) is 11.3. The van der Waals surface area contributed by atoms with Gasteiger partial charge in [-0.1, -0.05) is 13.8 Å². The summed E-state index contributed by atoms with van der Waals surface area (Å²) in [6.45, 7) is 10.3. The van der Waals surface area contributed by atoms with Crippen molar-refractivity contribution in [1.29, 1.82) is 0 Å². The van der Waals surface area contributed by atoms with Crippen molar-refractivity contribution in [2.45, 2.75) is 60.3 Å². The maximum Gasteiger partial charge on any atom is 0.305 e. The number of allylic oxidation sites excluding steroid dienone is 12. The summed E-state index contributed by atoms with van der Waals surface area (Å²) in [5, 5.41) is 13.8. The van der Waals surface area contributed by atoms with Gasteiger partial charge in [-0.25, -0.2) is 15.0 Å². The van der Waals surface area contributed by atoms with E-state index in [2.05, 4.69) is 25.2 Å². The summed E-state index contributed by atoms with van der Waals surface area (Å²) in [5.74, 6) is 0.193. The second kappa shape index (κ2) is 9.94. The molecule has 2 atom stereocenters. The van der Waals surface area contributed by atoms with Gasteiger partial charge < -0.3 is 15.2 Å². The summed E-state index contributed by atoms with van der Waals surface area (Å²) in [7, 11) is 1.38. The highest BCUT2D eigenvalue weighted by molar-refractivity contribution is 6.28. The van der Waals surface area contributed by atoms with Gasteiger partial charge >= 0.3 is 5.97 Å². The first-order valence-corrected chi connectivity index (χ1v) is 14.2. The number of esters is 1. The van der Waals surface area contributed by atoms with Crippen molar-refractivity contribution in [2.24, 2.45) is 26.8 Å². The highest BCUT2D eigenvalue weighted by atomic mass is 16.5. The standard InChI is InChI=1S/C33H34N4O4/c1-7-19-15(2)24-12-28-22(14-38)17(4)23(35-28)11-25-16(3)20(8-9-30(40)41-6)32(36-25)21-10-29(39)31-18(5)26(37-33(21)31)13-27(19)34-24/h11-15,19,34,38H,7-10H2,1-6H3/b22-14+,24-12?,25-11?,27-13?/t15-,19-/m1/s1. The van der Waals surface area contributed by atoms with Gasteiger partial charge in [0.25, 0.3) is 0 Å². The van der Waals surface area contributed by atoms with E-state index < -0.39 is 0 Å². The number of Topliss-reactive ketones (excluding diaryl/α,β-unsaturated/α-hetero) is 1. The van der Waals surface area contributed by atoms with Gasteiger partial charge in [-0.05, 0) is 74.1 Å². The number of nitrogens with zero attached hydrogens (tertiary/aromatic N) is 3. The van der Waals surface area contributed by atoms with Crippen molar-refractivity contribution in [2.75, 3.05) is 7.11 Å². The molecular weight excluding hydrogens is 516 g/mol. The molecule has 0 aromatic heterocycles. The number of methoxy groups -OCH3 is 1. The van der Waals surface area contributed by atoms with Crippen LogP contribution in [0, 0.1) is 11.8 Å². The molecule has 0 unspecified atom stereocenters. The summed E-state index contributed by atoms with van der Waals surface area (Å²) in [5.41, 5.74) is 12.0. The number of nitrogens with one attached hydrogen (secondary N) is 1.